The molecule has 0 unspecified atom stereocenters. The van der Waals surface area contributed by atoms with E-state index in [1.807, 2.05) is 0 Å². The third kappa shape index (κ3) is 10.0. The van der Waals surface area contributed by atoms with Crippen molar-refractivity contribution in [2.75, 3.05) is 0 Å². The van der Waals surface area contributed by atoms with Crippen LogP contribution in [0.5, 0.6) is 0 Å². The molecule has 0 aliphatic rings. The minimum absolute atomic E-state index is 0. The van der Waals surface area contributed by atoms with Gasteiger partial charge in [-0.25, -0.2) is 0 Å². The first-order valence-corrected chi connectivity index (χ1v) is 9.66. The molecule has 4 heteroatoms. The molecule has 1 aromatic rings. The second-order valence-corrected chi connectivity index (χ2v) is 8.31. The maximum Gasteiger partial charge on any atom is 2.00 e. The van der Waals surface area contributed by atoms with E-state index in [9.17, 15) is 0 Å². The Morgan fingerprint density at radius 1 is 1.00 bits per heavy atom. The topological polar surface area (TPSA) is 0 Å². The van der Waals surface area contributed by atoms with Crippen molar-refractivity contribution in [2.45, 2.75) is 77.6 Å². The van der Waals surface area contributed by atoms with Gasteiger partial charge >= 0.3 is 23.1 Å². The van der Waals surface area contributed by atoms with Crippen LogP contribution in [0.15, 0.2) is 9.85 Å². The summed E-state index contributed by atoms with van der Waals surface area (Å²) < 4.78 is 2.11. The zero-order valence-electron chi connectivity index (χ0n) is 14.7. The Labute approximate surface area is 161 Å². The smallest absolute Gasteiger partial charge is 1.00 e. The van der Waals surface area contributed by atoms with Gasteiger partial charge in [0.05, 0.1) is 8.12 Å². The number of thiophene rings is 1. The van der Waals surface area contributed by atoms with Gasteiger partial charge in [0.2, 0.25) is 0 Å². The average Bonchev–Trinajstić information content (AvgIpc) is 2.70. The molecule has 0 saturated carbocycles. The van der Waals surface area contributed by atoms with Crippen molar-refractivity contribution in [3.05, 3.63) is 19.8 Å². The molecule has 0 aliphatic heterocycles. The number of halogens is 2. The normalized spacial score (nSPS) is 10.6. The van der Waals surface area contributed by atoms with Gasteiger partial charge in [0.1, 0.15) is 0 Å². The Bertz CT molecular complexity index is 351. The molecule has 20 heavy (non-hydrogen) atoms. The van der Waals surface area contributed by atoms with Crippen molar-refractivity contribution in [3.63, 3.8) is 0 Å². The second-order valence-electron chi connectivity index (χ2n) is 5.28. The molecule has 0 bridgehead atoms. The second kappa shape index (κ2) is 13.9. The van der Waals surface area contributed by atoms with Crippen molar-refractivity contribution < 1.29 is 2.85 Å². The average molecular weight is 392 g/mol. The Balaban J connectivity index is -0.00000120. The van der Waals surface area contributed by atoms with Crippen LogP contribution in [0.3, 0.4) is 0 Å². The van der Waals surface area contributed by atoms with Crippen LogP contribution in [-0.4, -0.2) is 23.1 Å². The maximum absolute atomic E-state index is 6.16. The molecule has 0 saturated heterocycles. The molecule has 0 aromatic carbocycles. The third-order valence-electron chi connectivity index (χ3n) is 3.53. The van der Waals surface area contributed by atoms with E-state index in [2.05, 4.69) is 28.9 Å². The van der Waals surface area contributed by atoms with Crippen molar-refractivity contribution in [2.24, 2.45) is 0 Å². The van der Waals surface area contributed by atoms with E-state index >= 15 is 0 Å². The van der Waals surface area contributed by atoms with Crippen LogP contribution >= 0.6 is 38.9 Å². The van der Waals surface area contributed by atoms with Crippen molar-refractivity contribution >= 4 is 61.9 Å². The fourth-order valence-electron chi connectivity index (χ4n) is 2.35. The minimum atomic E-state index is 0. The van der Waals surface area contributed by atoms with Gasteiger partial charge in [-0.2, -0.15) is 0 Å². The van der Waals surface area contributed by atoms with E-state index in [-0.39, 0.29) is 25.9 Å². The van der Waals surface area contributed by atoms with Gasteiger partial charge in [0, 0.05) is 0 Å². The molecule has 0 fully saturated rings. The predicted molar refractivity (Wildman–Crippen MR) is 101 cm³/mol. The number of hydrogen-bond acceptors (Lipinski definition) is 1. The van der Waals surface area contributed by atoms with Gasteiger partial charge in [-0.3, -0.25) is 0 Å². The van der Waals surface area contributed by atoms with Gasteiger partial charge in [-0.1, -0.05) is 76.3 Å². The summed E-state index contributed by atoms with van der Waals surface area (Å²) >= 11 is 11.3. The molecular weight excluding hydrogens is 364 g/mol. The molecule has 0 spiro atoms. The summed E-state index contributed by atoms with van der Waals surface area (Å²) in [6.45, 7) is 2.28. The van der Waals surface area contributed by atoms with Crippen LogP contribution in [0.2, 0.25) is 4.34 Å². The number of aryl methyl sites for hydroxylation is 1. The van der Waals surface area contributed by atoms with Crippen LogP contribution in [0, 0.1) is 0 Å². The summed E-state index contributed by atoms with van der Waals surface area (Å²) in [6.07, 6.45) is 15.0. The number of unbranched alkanes of at least 4 members (excludes halogenated alkanes) is 9. The first kappa shape index (κ1) is 21.2. The molecular formula is C16H28BrClMgS. The molecule has 0 radical (unpaired) electrons. The van der Waals surface area contributed by atoms with Crippen molar-refractivity contribution in [1.29, 1.82) is 0 Å². The molecule has 1 aromatic heterocycles. The molecule has 0 N–H and O–H groups in total. The summed E-state index contributed by atoms with van der Waals surface area (Å²) in [5.74, 6) is 0. The van der Waals surface area contributed by atoms with E-state index in [1.54, 1.807) is 11.3 Å². The summed E-state index contributed by atoms with van der Waals surface area (Å²) in [7, 11) is 0. The van der Waals surface area contributed by atoms with Crippen LogP contribution in [-0.2, 0) is 6.42 Å². The summed E-state index contributed by atoms with van der Waals surface area (Å²) in [6, 6.07) is 2.17. The molecule has 0 atom stereocenters. The minimum Gasteiger partial charge on any atom is -1.00 e. The number of rotatable bonds is 11. The quantitative estimate of drug-likeness (QED) is 0.271. The van der Waals surface area contributed by atoms with Gasteiger partial charge in [-0.05, 0) is 40.4 Å². The van der Waals surface area contributed by atoms with Crippen LogP contribution in [0.25, 0.3) is 0 Å². The molecule has 0 amide bonds. The SMILES string of the molecule is CCCCCCCCCCCCc1cc(Br)sc1Cl.[H-].[H-].[Mg+2]. The molecule has 114 valence electrons. The standard InChI is InChI=1S/C16H26BrClS.Mg.2H/c1-2-3-4-5-6-7-8-9-10-11-12-14-13-15(17)19-16(14)18;;;/h13H,2-12H2,1H3;;;/q;+2;2*-1. The molecule has 1 rings (SSSR count). The van der Waals surface area contributed by atoms with Gasteiger partial charge in [0.15, 0.2) is 0 Å². The van der Waals surface area contributed by atoms with Crippen molar-refractivity contribution in [3.8, 4) is 0 Å². The van der Waals surface area contributed by atoms with Crippen LogP contribution in [0.4, 0.5) is 0 Å². The Morgan fingerprint density at radius 3 is 1.95 bits per heavy atom. The first-order chi connectivity index (χ1) is 9.24. The first-order valence-electron chi connectivity index (χ1n) is 7.67. The van der Waals surface area contributed by atoms with Crippen LogP contribution < -0.4 is 0 Å². The van der Waals surface area contributed by atoms with Crippen LogP contribution in [0.1, 0.15) is 79.5 Å². The fourth-order valence-corrected chi connectivity index (χ4v) is 4.45. The van der Waals surface area contributed by atoms with E-state index in [0.717, 1.165) is 14.5 Å². The van der Waals surface area contributed by atoms with E-state index in [0.29, 0.717) is 0 Å². The largest absolute Gasteiger partial charge is 2.00 e. The zero-order chi connectivity index (χ0) is 13.9. The van der Waals surface area contributed by atoms with Gasteiger partial charge in [0.25, 0.3) is 0 Å². The van der Waals surface area contributed by atoms with E-state index in [4.69, 9.17) is 11.6 Å². The Hall–Kier alpha value is 1.24. The molecule has 0 aliphatic carbocycles. The fraction of sp³-hybridized carbons (Fsp3) is 0.750. The molecule has 1 heterocycles. The van der Waals surface area contributed by atoms with Gasteiger partial charge < -0.3 is 2.85 Å². The summed E-state index contributed by atoms with van der Waals surface area (Å²) in [5, 5.41) is 0. The van der Waals surface area contributed by atoms with Gasteiger partial charge in [-0.15, -0.1) is 11.3 Å². The Morgan fingerprint density at radius 2 is 1.50 bits per heavy atom. The predicted octanol–water partition coefficient (Wildman–Crippen LogP) is 7.47. The monoisotopic (exact) mass is 390 g/mol. The number of hydrogen-bond donors (Lipinski definition) is 0. The summed E-state index contributed by atoms with van der Waals surface area (Å²) in [5.41, 5.74) is 1.32. The maximum atomic E-state index is 6.16. The summed E-state index contributed by atoms with van der Waals surface area (Å²) in [4.78, 5) is 0. The van der Waals surface area contributed by atoms with E-state index < -0.39 is 0 Å². The molecule has 0 nitrogen and oxygen atoms in total. The van der Waals surface area contributed by atoms with Crippen molar-refractivity contribution in [1.82, 2.24) is 0 Å². The zero-order valence-corrected chi connectivity index (χ0v) is 17.3. The Kier molecular flexibility index (Phi) is 14.7. The third-order valence-corrected chi connectivity index (χ3v) is 5.47. The van der Waals surface area contributed by atoms with E-state index in [1.165, 1.54) is 69.8 Å².